The van der Waals surface area contributed by atoms with Gasteiger partial charge in [0.25, 0.3) is 0 Å². The van der Waals surface area contributed by atoms with E-state index in [1.165, 1.54) is 12.1 Å². The lowest BCUT2D eigenvalue weighted by Crippen LogP contribution is -2.15. The van der Waals surface area contributed by atoms with Crippen molar-refractivity contribution in [1.82, 2.24) is 0 Å². The Morgan fingerprint density at radius 3 is 2.10 bits per heavy atom. The standard InChI is InChI=1S/C24H22FN3O2/c1-3-29-19-11-7-17(8-12-19)24-27-22-15-20(30-4-2)13-14-21(22)26-23(28-24)16-5-9-18(25)10-6-16/h5-15H,3-4H2,1-2H3,(H,26,27,28). The predicted octanol–water partition coefficient (Wildman–Crippen LogP) is 5.57. The van der Waals surface area contributed by atoms with E-state index in [0.717, 1.165) is 34.0 Å². The lowest BCUT2D eigenvalue weighted by atomic mass is 10.1. The van der Waals surface area contributed by atoms with E-state index in [2.05, 4.69) is 5.32 Å². The Hall–Kier alpha value is -3.67. The first-order chi connectivity index (χ1) is 14.7. The number of ether oxygens (including phenoxy) is 2. The summed E-state index contributed by atoms with van der Waals surface area (Å²) in [7, 11) is 0. The van der Waals surface area contributed by atoms with E-state index in [9.17, 15) is 4.39 Å². The first-order valence-corrected chi connectivity index (χ1v) is 9.86. The Balaban J connectivity index is 1.79. The molecular weight excluding hydrogens is 381 g/mol. The number of nitrogens with zero attached hydrogens (tertiary/aromatic N) is 2. The number of halogens is 1. The molecule has 1 N–H and O–H groups in total. The average Bonchev–Trinajstić information content (AvgIpc) is 2.95. The number of benzene rings is 3. The van der Waals surface area contributed by atoms with Crippen molar-refractivity contribution >= 4 is 23.0 Å². The molecule has 1 aliphatic heterocycles. The summed E-state index contributed by atoms with van der Waals surface area (Å²) in [4.78, 5) is 9.49. The van der Waals surface area contributed by atoms with E-state index < -0.39 is 0 Å². The molecule has 0 saturated heterocycles. The van der Waals surface area contributed by atoms with Gasteiger partial charge in [0.15, 0.2) is 5.84 Å². The summed E-state index contributed by atoms with van der Waals surface area (Å²) in [5.74, 6) is 2.36. The van der Waals surface area contributed by atoms with Crippen LogP contribution in [0.3, 0.4) is 0 Å². The fourth-order valence-corrected chi connectivity index (χ4v) is 3.11. The quantitative estimate of drug-likeness (QED) is 0.585. The van der Waals surface area contributed by atoms with E-state index in [1.807, 2.05) is 56.3 Å². The highest BCUT2D eigenvalue weighted by atomic mass is 19.1. The Morgan fingerprint density at radius 1 is 0.767 bits per heavy atom. The summed E-state index contributed by atoms with van der Waals surface area (Å²) in [5.41, 5.74) is 3.11. The van der Waals surface area contributed by atoms with Crippen LogP contribution in [0, 0.1) is 5.82 Å². The van der Waals surface area contributed by atoms with Crippen LogP contribution in [0.4, 0.5) is 15.8 Å². The molecule has 1 heterocycles. The van der Waals surface area contributed by atoms with Gasteiger partial charge in [-0.3, -0.25) is 0 Å². The van der Waals surface area contributed by atoms with Gasteiger partial charge in [0.2, 0.25) is 0 Å². The van der Waals surface area contributed by atoms with Crippen LogP contribution in [0.25, 0.3) is 0 Å². The van der Waals surface area contributed by atoms with Gasteiger partial charge in [-0.15, -0.1) is 0 Å². The van der Waals surface area contributed by atoms with Gasteiger partial charge in [-0.05, 0) is 74.5 Å². The fourth-order valence-electron chi connectivity index (χ4n) is 3.11. The topological polar surface area (TPSA) is 55.2 Å². The van der Waals surface area contributed by atoms with Crippen LogP contribution < -0.4 is 14.8 Å². The molecule has 5 nitrogen and oxygen atoms in total. The van der Waals surface area contributed by atoms with Crippen molar-refractivity contribution in [2.24, 2.45) is 9.98 Å². The van der Waals surface area contributed by atoms with Gasteiger partial charge in [0, 0.05) is 17.2 Å². The molecule has 0 radical (unpaired) electrons. The third-order valence-electron chi connectivity index (χ3n) is 4.52. The molecule has 152 valence electrons. The summed E-state index contributed by atoms with van der Waals surface area (Å²) >= 11 is 0. The lowest BCUT2D eigenvalue weighted by Gasteiger charge is -2.12. The monoisotopic (exact) mass is 403 g/mol. The maximum Gasteiger partial charge on any atom is 0.162 e. The van der Waals surface area contributed by atoms with E-state index in [1.54, 1.807) is 12.1 Å². The van der Waals surface area contributed by atoms with Crippen molar-refractivity contribution in [1.29, 1.82) is 0 Å². The minimum atomic E-state index is -0.302. The zero-order valence-corrected chi connectivity index (χ0v) is 16.9. The van der Waals surface area contributed by atoms with Crippen LogP contribution >= 0.6 is 0 Å². The highest BCUT2D eigenvalue weighted by Gasteiger charge is 2.16. The van der Waals surface area contributed by atoms with Crippen LogP contribution in [-0.2, 0) is 0 Å². The maximum atomic E-state index is 13.4. The van der Waals surface area contributed by atoms with E-state index >= 15 is 0 Å². The molecular formula is C24H22FN3O2. The summed E-state index contributed by atoms with van der Waals surface area (Å²) in [6, 6.07) is 19.5. The maximum absolute atomic E-state index is 13.4. The lowest BCUT2D eigenvalue weighted by molar-refractivity contribution is 0.340. The van der Waals surface area contributed by atoms with Gasteiger partial charge in [-0.1, -0.05) is 0 Å². The van der Waals surface area contributed by atoms with E-state index in [-0.39, 0.29) is 5.82 Å². The number of hydrogen-bond acceptors (Lipinski definition) is 5. The number of nitrogens with one attached hydrogen (secondary N) is 1. The second kappa shape index (κ2) is 8.78. The van der Waals surface area contributed by atoms with Crippen LogP contribution in [0.5, 0.6) is 11.5 Å². The Labute approximate surface area is 174 Å². The number of fused-ring (bicyclic) bond motifs is 1. The molecule has 0 bridgehead atoms. The number of amidine groups is 2. The first-order valence-electron chi connectivity index (χ1n) is 9.86. The molecule has 0 unspecified atom stereocenters. The molecule has 6 heteroatoms. The highest BCUT2D eigenvalue weighted by Crippen LogP contribution is 2.33. The minimum absolute atomic E-state index is 0.302. The van der Waals surface area contributed by atoms with Crippen molar-refractivity contribution in [3.8, 4) is 11.5 Å². The summed E-state index contributed by atoms with van der Waals surface area (Å²) in [5, 5.41) is 3.38. The largest absolute Gasteiger partial charge is 0.494 e. The number of anilines is 1. The first kappa shape index (κ1) is 19.6. The van der Waals surface area contributed by atoms with Crippen molar-refractivity contribution in [3.05, 3.63) is 83.7 Å². The molecule has 0 aromatic heterocycles. The third kappa shape index (κ3) is 4.33. The normalized spacial score (nSPS) is 12.8. The minimum Gasteiger partial charge on any atom is -0.494 e. The molecule has 0 atom stereocenters. The molecule has 0 spiro atoms. The highest BCUT2D eigenvalue weighted by molar-refractivity contribution is 6.19. The molecule has 0 amide bonds. The summed E-state index contributed by atoms with van der Waals surface area (Å²) in [6.07, 6.45) is 0. The molecule has 0 fully saturated rings. The number of hydrogen-bond donors (Lipinski definition) is 1. The zero-order chi connectivity index (χ0) is 20.9. The smallest absolute Gasteiger partial charge is 0.162 e. The average molecular weight is 403 g/mol. The molecule has 3 aromatic carbocycles. The molecule has 0 saturated carbocycles. The van der Waals surface area contributed by atoms with Crippen molar-refractivity contribution in [2.75, 3.05) is 18.5 Å². The second-order valence-corrected chi connectivity index (χ2v) is 6.60. The number of aliphatic imine (C=N–C) groups is 2. The SMILES string of the molecule is CCOc1ccc(C2=NC(c3ccc(F)cc3)=Nc3ccc(OCC)cc3N2)cc1. The van der Waals surface area contributed by atoms with Gasteiger partial charge in [0.1, 0.15) is 23.2 Å². The molecule has 4 rings (SSSR count). The van der Waals surface area contributed by atoms with Crippen molar-refractivity contribution in [3.63, 3.8) is 0 Å². The van der Waals surface area contributed by atoms with Crippen LogP contribution in [-0.4, -0.2) is 24.9 Å². The second-order valence-electron chi connectivity index (χ2n) is 6.60. The van der Waals surface area contributed by atoms with Gasteiger partial charge in [-0.25, -0.2) is 14.4 Å². The van der Waals surface area contributed by atoms with Gasteiger partial charge in [-0.2, -0.15) is 0 Å². The van der Waals surface area contributed by atoms with Crippen LogP contribution in [0.2, 0.25) is 0 Å². The molecule has 1 aliphatic rings. The van der Waals surface area contributed by atoms with E-state index in [0.29, 0.717) is 24.9 Å². The van der Waals surface area contributed by atoms with Gasteiger partial charge in [0.05, 0.1) is 24.6 Å². The number of rotatable bonds is 6. The third-order valence-corrected chi connectivity index (χ3v) is 4.52. The predicted molar refractivity (Wildman–Crippen MR) is 118 cm³/mol. The summed E-state index contributed by atoms with van der Waals surface area (Å²) < 4.78 is 24.6. The van der Waals surface area contributed by atoms with Gasteiger partial charge < -0.3 is 14.8 Å². The van der Waals surface area contributed by atoms with Crippen LogP contribution in [0.15, 0.2) is 76.7 Å². The molecule has 30 heavy (non-hydrogen) atoms. The van der Waals surface area contributed by atoms with Crippen molar-refractivity contribution < 1.29 is 13.9 Å². The van der Waals surface area contributed by atoms with Gasteiger partial charge >= 0.3 is 0 Å². The Kier molecular flexibility index (Phi) is 5.75. The van der Waals surface area contributed by atoms with E-state index in [4.69, 9.17) is 19.5 Å². The summed E-state index contributed by atoms with van der Waals surface area (Å²) in [6.45, 7) is 5.07. The zero-order valence-electron chi connectivity index (χ0n) is 16.9. The fraction of sp³-hybridized carbons (Fsp3) is 0.167. The Bertz CT molecular complexity index is 1090. The van der Waals surface area contributed by atoms with Crippen LogP contribution in [0.1, 0.15) is 25.0 Å². The Morgan fingerprint density at radius 2 is 1.40 bits per heavy atom. The molecule has 0 aliphatic carbocycles. The van der Waals surface area contributed by atoms with Crippen molar-refractivity contribution in [2.45, 2.75) is 13.8 Å². The molecule has 3 aromatic rings.